The minimum atomic E-state index is -0.449. The Hall–Kier alpha value is -3.37. The van der Waals surface area contributed by atoms with Gasteiger partial charge >= 0.3 is 0 Å². The minimum Gasteiger partial charge on any atom is -0.367 e. The van der Waals surface area contributed by atoms with E-state index in [1.54, 1.807) is 18.3 Å². The van der Waals surface area contributed by atoms with Gasteiger partial charge in [-0.1, -0.05) is 19.4 Å². The first-order valence-corrected chi connectivity index (χ1v) is 12.5. The van der Waals surface area contributed by atoms with Gasteiger partial charge in [-0.3, -0.25) is 24.8 Å². The molecule has 0 atom stereocenters. The van der Waals surface area contributed by atoms with Crippen molar-refractivity contribution in [2.75, 3.05) is 37.6 Å². The van der Waals surface area contributed by atoms with Crippen LogP contribution in [0.25, 0.3) is 28.2 Å². The Balaban J connectivity index is 1.41. The fourth-order valence-corrected chi connectivity index (χ4v) is 5.01. The molecule has 0 radical (unpaired) electrons. The molecule has 180 valence electrons. The minimum absolute atomic E-state index is 0.269. The molecule has 2 aliphatic rings. The predicted octanol–water partition coefficient (Wildman–Crippen LogP) is 4.08. The quantitative estimate of drug-likeness (QED) is 0.515. The van der Waals surface area contributed by atoms with Gasteiger partial charge in [0, 0.05) is 37.1 Å². The van der Waals surface area contributed by atoms with Crippen LogP contribution in [0.5, 0.6) is 0 Å². The highest BCUT2D eigenvalue weighted by Gasteiger charge is 2.25. The number of piperazine rings is 1. The summed E-state index contributed by atoms with van der Waals surface area (Å²) in [6.45, 7) is 6.76. The van der Waals surface area contributed by atoms with Crippen molar-refractivity contribution in [1.82, 2.24) is 25.2 Å². The Morgan fingerprint density at radius 1 is 1.11 bits per heavy atom. The number of fused-ring (bicyclic) bond motifs is 1. The van der Waals surface area contributed by atoms with Crippen molar-refractivity contribution >= 4 is 45.6 Å². The summed E-state index contributed by atoms with van der Waals surface area (Å²) in [5.74, 6) is -0.736. The summed E-state index contributed by atoms with van der Waals surface area (Å²) in [7, 11) is 0. The Bertz CT molecular complexity index is 1320. The van der Waals surface area contributed by atoms with E-state index < -0.39 is 11.1 Å². The Morgan fingerprint density at radius 3 is 2.66 bits per heavy atom. The van der Waals surface area contributed by atoms with Gasteiger partial charge in [0.1, 0.15) is 12.1 Å². The molecule has 0 aliphatic carbocycles. The van der Waals surface area contributed by atoms with E-state index in [1.165, 1.54) is 25.2 Å². The lowest BCUT2D eigenvalue weighted by atomic mass is 10.1. The van der Waals surface area contributed by atoms with Crippen molar-refractivity contribution in [1.29, 1.82) is 0 Å². The van der Waals surface area contributed by atoms with E-state index in [2.05, 4.69) is 37.0 Å². The highest BCUT2D eigenvalue weighted by atomic mass is 32.2. The zero-order chi connectivity index (χ0) is 24.4. The number of carbonyl (C=O) groups is 2. The van der Waals surface area contributed by atoms with Crippen LogP contribution in [0.15, 0.2) is 41.7 Å². The van der Waals surface area contributed by atoms with E-state index in [4.69, 9.17) is 0 Å². The van der Waals surface area contributed by atoms with Crippen LogP contribution in [-0.4, -0.2) is 63.7 Å². The third-order valence-electron chi connectivity index (χ3n) is 6.23. The van der Waals surface area contributed by atoms with Crippen LogP contribution in [0.2, 0.25) is 0 Å². The summed E-state index contributed by atoms with van der Waals surface area (Å²) in [6.07, 6.45) is 6.92. The average Bonchev–Trinajstić information content (AvgIpc) is 3.18. The maximum absolute atomic E-state index is 15.3. The Labute approximate surface area is 206 Å². The lowest BCUT2D eigenvalue weighted by Gasteiger charge is -2.36. The Morgan fingerprint density at radius 2 is 1.94 bits per heavy atom. The summed E-state index contributed by atoms with van der Waals surface area (Å²) in [4.78, 5) is 41.1. The van der Waals surface area contributed by atoms with Crippen molar-refractivity contribution in [2.45, 2.75) is 19.8 Å². The van der Waals surface area contributed by atoms with E-state index in [0.29, 0.717) is 33.5 Å². The largest absolute Gasteiger partial charge is 0.367 e. The van der Waals surface area contributed by atoms with Crippen LogP contribution in [0, 0.1) is 5.82 Å². The molecule has 4 heterocycles. The summed E-state index contributed by atoms with van der Waals surface area (Å²) < 4.78 is 15.3. The predicted molar refractivity (Wildman–Crippen MR) is 135 cm³/mol. The SMILES string of the molecule is CCCCN1CCN(c2ccc(-c3ncnc4cnc(C=C5SC(=O)NC5=O)cc34)cc2F)CC1. The van der Waals surface area contributed by atoms with Gasteiger partial charge in [0.15, 0.2) is 0 Å². The molecule has 10 heteroatoms. The Kier molecular flexibility index (Phi) is 6.74. The molecule has 3 aromatic rings. The smallest absolute Gasteiger partial charge is 0.290 e. The zero-order valence-corrected chi connectivity index (χ0v) is 20.1. The maximum Gasteiger partial charge on any atom is 0.290 e. The first-order valence-electron chi connectivity index (χ1n) is 11.6. The molecule has 8 nitrogen and oxygen atoms in total. The van der Waals surface area contributed by atoms with E-state index in [-0.39, 0.29) is 10.7 Å². The van der Waals surface area contributed by atoms with Gasteiger partial charge in [-0.25, -0.2) is 14.4 Å². The van der Waals surface area contributed by atoms with Gasteiger partial charge in [-0.2, -0.15) is 0 Å². The first kappa shape index (κ1) is 23.4. The number of hydrogen-bond acceptors (Lipinski definition) is 8. The van der Waals surface area contributed by atoms with Crippen LogP contribution < -0.4 is 10.2 Å². The number of benzene rings is 1. The van der Waals surface area contributed by atoms with Crippen molar-refractivity contribution < 1.29 is 14.0 Å². The van der Waals surface area contributed by atoms with E-state index in [1.807, 2.05) is 12.1 Å². The summed E-state index contributed by atoms with van der Waals surface area (Å²) in [5, 5.41) is 2.50. The third-order valence-corrected chi connectivity index (χ3v) is 7.04. The molecule has 1 aromatic carbocycles. The van der Waals surface area contributed by atoms with Crippen LogP contribution in [-0.2, 0) is 4.79 Å². The van der Waals surface area contributed by atoms with Gasteiger partial charge in [-0.05, 0) is 49.0 Å². The van der Waals surface area contributed by atoms with Crippen molar-refractivity contribution in [2.24, 2.45) is 0 Å². The number of rotatable bonds is 6. The van der Waals surface area contributed by atoms with Crippen molar-refractivity contribution in [3.63, 3.8) is 0 Å². The number of hydrogen-bond donors (Lipinski definition) is 1. The number of nitrogens with one attached hydrogen (secondary N) is 1. The fraction of sp³-hybridized carbons (Fsp3) is 0.320. The van der Waals surface area contributed by atoms with Crippen LogP contribution >= 0.6 is 11.8 Å². The lowest BCUT2D eigenvalue weighted by Crippen LogP contribution is -2.46. The van der Waals surface area contributed by atoms with Crippen LogP contribution in [0.4, 0.5) is 14.9 Å². The van der Waals surface area contributed by atoms with Gasteiger partial charge in [0.25, 0.3) is 11.1 Å². The number of anilines is 1. The zero-order valence-electron chi connectivity index (χ0n) is 19.3. The molecule has 2 fully saturated rings. The molecule has 0 bridgehead atoms. The molecule has 2 aromatic heterocycles. The number of carbonyl (C=O) groups excluding carboxylic acids is 2. The highest BCUT2D eigenvalue weighted by Crippen LogP contribution is 2.31. The molecular weight excluding hydrogens is 467 g/mol. The fourth-order valence-electron chi connectivity index (χ4n) is 4.34. The molecule has 5 rings (SSSR count). The van der Waals surface area contributed by atoms with Crippen molar-refractivity contribution in [3.8, 4) is 11.3 Å². The molecule has 0 saturated carbocycles. The second-order valence-electron chi connectivity index (χ2n) is 8.55. The van der Waals surface area contributed by atoms with Crippen LogP contribution in [0.1, 0.15) is 25.5 Å². The highest BCUT2D eigenvalue weighted by molar-refractivity contribution is 8.18. The van der Waals surface area contributed by atoms with Crippen LogP contribution in [0.3, 0.4) is 0 Å². The molecule has 1 N–H and O–H groups in total. The van der Waals surface area contributed by atoms with Gasteiger partial charge in [0.05, 0.1) is 33.7 Å². The van der Waals surface area contributed by atoms with Gasteiger partial charge in [0.2, 0.25) is 0 Å². The first-order chi connectivity index (χ1) is 17.0. The lowest BCUT2D eigenvalue weighted by molar-refractivity contribution is -0.115. The maximum atomic E-state index is 15.3. The number of unbranched alkanes of at least 4 members (excludes halogenated alkanes) is 1. The molecule has 0 spiro atoms. The molecule has 0 unspecified atom stereocenters. The van der Waals surface area contributed by atoms with Gasteiger partial charge < -0.3 is 4.90 Å². The van der Waals surface area contributed by atoms with E-state index in [9.17, 15) is 9.59 Å². The number of aromatic nitrogens is 3. The number of pyridine rings is 1. The monoisotopic (exact) mass is 492 g/mol. The number of halogens is 1. The number of thioether (sulfide) groups is 1. The molecule has 2 amide bonds. The normalized spacial score (nSPS) is 18.0. The second-order valence-corrected chi connectivity index (χ2v) is 9.56. The number of imide groups is 1. The summed E-state index contributed by atoms with van der Waals surface area (Å²) in [6, 6.07) is 6.95. The number of amides is 2. The average molecular weight is 493 g/mol. The standard InChI is InChI=1S/C25H25FN6O2S/c1-2-3-6-31-7-9-32(10-8-31)21-5-4-16(11-19(21)26)23-18-12-17(27-14-20(18)28-15-29-23)13-22-24(33)30-25(34)35-22/h4-5,11-15H,2-3,6-10H2,1H3,(H,30,33,34). The third kappa shape index (κ3) is 5.03. The summed E-state index contributed by atoms with van der Waals surface area (Å²) in [5.41, 5.74) is 2.89. The molecule has 35 heavy (non-hydrogen) atoms. The second kappa shape index (κ2) is 10.1. The molecular formula is C25H25FN6O2S. The number of nitrogens with zero attached hydrogens (tertiary/aromatic N) is 5. The van der Waals surface area contributed by atoms with E-state index >= 15 is 4.39 Å². The molecule has 2 aliphatic heterocycles. The molecule has 2 saturated heterocycles. The van der Waals surface area contributed by atoms with Gasteiger partial charge in [-0.15, -0.1) is 0 Å². The van der Waals surface area contributed by atoms with E-state index in [0.717, 1.165) is 44.5 Å². The van der Waals surface area contributed by atoms with Crippen molar-refractivity contribution in [3.05, 3.63) is 53.2 Å². The topological polar surface area (TPSA) is 91.3 Å². The summed E-state index contributed by atoms with van der Waals surface area (Å²) >= 11 is 0.828.